The third-order valence-electron chi connectivity index (χ3n) is 4.17. The summed E-state index contributed by atoms with van der Waals surface area (Å²) in [5, 5.41) is 11.6. The molecule has 0 bridgehead atoms. The molecule has 0 amide bonds. The molecular formula is C15H21N5. The van der Waals surface area contributed by atoms with Gasteiger partial charge in [0.1, 0.15) is 6.33 Å². The Morgan fingerprint density at radius 3 is 2.75 bits per heavy atom. The molecule has 20 heavy (non-hydrogen) atoms. The van der Waals surface area contributed by atoms with E-state index in [4.69, 9.17) is 5.73 Å². The van der Waals surface area contributed by atoms with E-state index in [1.807, 2.05) is 11.6 Å². The van der Waals surface area contributed by atoms with Crippen molar-refractivity contribution in [2.75, 3.05) is 11.9 Å². The fraction of sp³-hybridized carbons (Fsp3) is 0.467. The molecule has 0 aliphatic heterocycles. The second kappa shape index (κ2) is 5.63. The van der Waals surface area contributed by atoms with E-state index in [0.717, 1.165) is 23.6 Å². The van der Waals surface area contributed by atoms with Gasteiger partial charge in [0.25, 0.3) is 0 Å². The molecule has 1 aromatic carbocycles. The van der Waals surface area contributed by atoms with E-state index in [-0.39, 0.29) is 0 Å². The lowest BCUT2D eigenvalue weighted by Crippen LogP contribution is -2.29. The molecule has 0 saturated heterocycles. The van der Waals surface area contributed by atoms with Crippen LogP contribution in [0.3, 0.4) is 0 Å². The number of hydrogen-bond donors (Lipinski definition) is 2. The summed E-state index contributed by atoms with van der Waals surface area (Å²) in [6, 6.07) is 8.89. The SMILES string of the molecule is Cn1cnnc1-c1ccc(NC2CCCC2CN)cc1. The Bertz CT molecular complexity index is 560. The van der Waals surface area contributed by atoms with E-state index in [1.54, 1.807) is 6.33 Å². The molecule has 1 aliphatic carbocycles. The first-order valence-electron chi connectivity index (χ1n) is 7.19. The number of nitrogens with one attached hydrogen (secondary N) is 1. The fourth-order valence-electron chi connectivity index (χ4n) is 2.98. The van der Waals surface area contributed by atoms with Crippen molar-refractivity contribution in [2.24, 2.45) is 18.7 Å². The molecule has 5 heteroatoms. The third-order valence-corrected chi connectivity index (χ3v) is 4.17. The molecule has 106 valence electrons. The quantitative estimate of drug-likeness (QED) is 0.892. The van der Waals surface area contributed by atoms with Crippen LogP contribution >= 0.6 is 0 Å². The first kappa shape index (κ1) is 13.1. The molecule has 1 fully saturated rings. The van der Waals surface area contributed by atoms with E-state index >= 15 is 0 Å². The average Bonchev–Trinajstić information content (AvgIpc) is 3.08. The van der Waals surface area contributed by atoms with Gasteiger partial charge < -0.3 is 15.6 Å². The van der Waals surface area contributed by atoms with Crippen LogP contribution in [0.25, 0.3) is 11.4 Å². The first-order chi connectivity index (χ1) is 9.78. The highest BCUT2D eigenvalue weighted by atomic mass is 15.2. The summed E-state index contributed by atoms with van der Waals surface area (Å²) >= 11 is 0. The van der Waals surface area contributed by atoms with Gasteiger partial charge >= 0.3 is 0 Å². The van der Waals surface area contributed by atoms with Gasteiger partial charge in [0, 0.05) is 24.3 Å². The van der Waals surface area contributed by atoms with Gasteiger partial charge in [-0.1, -0.05) is 6.42 Å². The minimum Gasteiger partial charge on any atom is -0.382 e. The monoisotopic (exact) mass is 271 g/mol. The standard InChI is InChI=1S/C15H21N5/c1-20-10-17-19-15(20)11-5-7-13(8-6-11)18-14-4-2-3-12(14)9-16/h5-8,10,12,14,18H,2-4,9,16H2,1H3. The Hall–Kier alpha value is -1.88. The summed E-state index contributed by atoms with van der Waals surface area (Å²) in [5.74, 6) is 1.49. The zero-order chi connectivity index (χ0) is 13.9. The van der Waals surface area contributed by atoms with Crippen molar-refractivity contribution < 1.29 is 0 Å². The number of anilines is 1. The summed E-state index contributed by atoms with van der Waals surface area (Å²) in [7, 11) is 1.95. The van der Waals surface area contributed by atoms with Crippen LogP contribution in [0.4, 0.5) is 5.69 Å². The molecule has 0 radical (unpaired) electrons. The molecule has 1 saturated carbocycles. The Morgan fingerprint density at radius 1 is 1.30 bits per heavy atom. The molecule has 1 heterocycles. The summed E-state index contributed by atoms with van der Waals surface area (Å²) in [5.41, 5.74) is 8.06. The highest BCUT2D eigenvalue weighted by Gasteiger charge is 2.25. The topological polar surface area (TPSA) is 68.8 Å². The second-order valence-corrected chi connectivity index (χ2v) is 5.52. The lowest BCUT2D eigenvalue weighted by atomic mass is 10.0. The van der Waals surface area contributed by atoms with Crippen LogP contribution in [0.5, 0.6) is 0 Å². The molecule has 5 nitrogen and oxygen atoms in total. The molecule has 3 N–H and O–H groups in total. The van der Waals surface area contributed by atoms with Crippen LogP contribution in [0.15, 0.2) is 30.6 Å². The Balaban J connectivity index is 1.72. The van der Waals surface area contributed by atoms with Crippen molar-refractivity contribution in [1.82, 2.24) is 14.8 Å². The summed E-state index contributed by atoms with van der Waals surface area (Å²) < 4.78 is 1.92. The molecular weight excluding hydrogens is 250 g/mol. The van der Waals surface area contributed by atoms with Crippen LogP contribution in [0, 0.1) is 5.92 Å². The lowest BCUT2D eigenvalue weighted by molar-refractivity contribution is 0.516. The van der Waals surface area contributed by atoms with Crippen LogP contribution in [-0.4, -0.2) is 27.4 Å². The van der Waals surface area contributed by atoms with Gasteiger partial charge in [-0.3, -0.25) is 0 Å². The number of nitrogens with two attached hydrogens (primary N) is 1. The summed E-state index contributed by atoms with van der Waals surface area (Å²) in [6.07, 6.45) is 5.44. The van der Waals surface area contributed by atoms with E-state index in [1.165, 1.54) is 19.3 Å². The number of rotatable bonds is 4. The number of aryl methyl sites for hydroxylation is 1. The smallest absolute Gasteiger partial charge is 0.163 e. The Labute approximate surface area is 119 Å². The van der Waals surface area contributed by atoms with Gasteiger partial charge in [-0.25, -0.2) is 0 Å². The predicted molar refractivity (Wildman–Crippen MR) is 80.2 cm³/mol. The molecule has 1 aliphatic rings. The van der Waals surface area contributed by atoms with E-state index < -0.39 is 0 Å². The van der Waals surface area contributed by atoms with Crippen molar-refractivity contribution in [3.8, 4) is 11.4 Å². The molecule has 0 spiro atoms. The van der Waals surface area contributed by atoms with Crippen molar-refractivity contribution in [1.29, 1.82) is 0 Å². The maximum atomic E-state index is 5.82. The van der Waals surface area contributed by atoms with Crippen LogP contribution in [0.1, 0.15) is 19.3 Å². The third kappa shape index (κ3) is 2.54. The number of hydrogen-bond acceptors (Lipinski definition) is 4. The van der Waals surface area contributed by atoms with Gasteiger partial charge in [-0.05, 0) is 49.6 Å². The maximum absolute atomic E-state index is 5.82. The summed E-state index contributed by atoms with van der Waals surface area (Å²) in [6.45, 7) is 0.773. The number of nitrogens with zero attached hydrogens (tertiary/aromatic N) is 3. The van der Waals surface area contributed by atoms with E-state index in [2.05, 4.69) is 39.8 Å². The van der Waals surface area contributed by atoms with Crippen molar-refractivity contribution in [3.63, 3.8) is 0 Å². The van der Waals surface area contributed by atoms with Crippen molar-refractivity contribution in [3.05, 3.63) is 30.6 Å². The largest absolute Gasteiger partial charge is 0.382 e. The van der Waals surface area contributed by atoms with E-state index in [9.17, 15) is 0 Å². The first-order valence-corrected chi connectivity index (χ1v) is 7.19. The number of aromatic nitrogens is 3. The van der Waals surface area contributed by atoms with Crippen LogP contribution in [0.2, 0.25) is 0 Å². The number of benzene rings is 1. The molecule has 2 atom stereocenters. The van der Waals surface area contributed by atoms with Gasteiger partial charge in [-0.15, -0.1) is 10.2 Å². The minimum absolute atomic E-state index is 0.515. The minimum atomic E-state index is 0.515. The predicted octanol–water partition coefficient (Wildman–Crippen LogP) is 2.02. The average molecular weight is 271 g/mol. The van der Waals surface area contributed by atoms with Gasteiger partial charge in [-0.2, -0.15) is 0 Å². The molecule has 1 aromatic heterocycles. The highest BCUT2D eigenvalue weighted by molar-refractivity contribution is 5.60. The van der Waals surface area contributed by atoms with Gasteiger partial charge in [0.2, 0.25) is 0 Å². The van der Waals surface area contributed by atoms with Gasteiger partial charge in [0.15, 0.2) is 5.82 Å². The van der Waals surface area contributed by atoms with Crippen LogP contribution < -0.4 is 11.1 Å². The Morgan fingerprint density at radius 2 is 2.10 bits per heavy atom. The van der Waals surface area contributed by atoms with E-state index in [0.29, 0.717) is 12.0 Å². The maximum Gasteiger partial charge on any atom is 0.163 e. The van der Waals surface area contributed by atoms with Crippen LogP contribution in [-0.2, 0) is 7.05 Å². The second-order valence-electron chi connectivity index (χ2n) is 5.52. The lowest BCUT2D eigenvalue weighted by Gasteiger charge is -2.20. The molecule has 2 aromatic rings. The Kier molecular flexibility index (Phi) is 3.69. The molecule has 3 rings (SSSR count). The zero-order valence-corrected chi connectivity index (χ0v) is 11.8. The molecule has 2 unspecified atom stereocenters. The van der Waals surface area contributed by atoms with Gasteiger partial charge in [0.05, 0.1) is 0 Å². The highest BCUT2D eigenvalue weighted by Crippen LogP contribution is 2.28. The van der Waals surface area contributed by atoms with Crippen molar-refractivity contribution in [2.45, 2.75) is 25.3 Å². The zero-order valence-electron chi connectivity index (χ0n) is 11.8. The normalized spacial score (nSPS) is 22.1. The van der Waals surface area contributed by atoms with Crippen molar-refractivity contribution >= 4 is 5.69 Å². The fourth-order valence-corrected chi connectivity index (χ4v) is 2.98. The summed E-state index contributed by atoms with van der Waals surface area (Å²) in [4.78, 5) is 0.